The van der Waals surface area contributed by atoms with Gasteiger partial charge in [0.1, 0.15) is 6.04 Å². The van der Waals surface area contributed by atoms with Gasteiger partial charge in [-0.05, 0) is 18.8 Å². The zero-order chi connectivity index (χ0) is 15.0. The van der Waals surface area contributed by atoms with Crippen LogP contribution in [0.25, 0.3) is 0 Å². The maximum Gasteiger partial charge on any atom is 0.245 e. The Hall–Kier alpha value is -1.10. The summed E-state index contributed by atoms with van der Waals surface area (Å²) < 4.78 is 0. The van der Waals surface area contributed by atoms with Crippen molar-refractivity contribution in [1.82, 2.24) is 10.2 Å². The van der Waals surface area contributed by atoms with Gasteiger partial charge in [0.15, 0.2) is 0 Å². The Labute approximate surface area is 116 Å². The summed E-state index contributed by atoms with van der Waals surface area (Å²) in [5.74, 6) is -0.291. The lowest BCUT2D eigenvalue weighted by Crippen LogP contribution is -2.54. The van der Waals surface area contributed by atoms with E-state index in [-0.39, 0.29) is 30.4 Å². The van der Waals surface area contributed by atoms with E-state index in [1.54, 1.807) is 4.90 Å². The van der Waals surface area contributed by atoms with Crippen LogP contribution >= 0.6 is 0 Å². The van der Waals surface area contributed by atoms with E-state index in [9.17, 15) is 9.59 Å². The van der Waals surface area contributed by atoms with Crippen LogP contribution in [0.5, 0.6) is 0 Å². The molecule has 112 valence electrons. The van der Waals surface area contributed by atoms with Crippen LogP contribution in [-0.2, 0) is 9.59 Å². The molecule has 5 nitrogen and oxygen atoms in total. The molecule has 0 saturated heterocycles. The maximum absolute atomic E-state index is 12.6. The Bertz CT molecular complexity index is 288. The lowest BCUT2D eigenvalue weighted by atomic mass is 10.0. The van der Waals surface area contributed by atoms with Gasteiger partial charge < -0.3 is 15.3 Å². The highest BCUT2D eigenvalue weighted by molar-refractivity contribution is 5.87. The van der Waals surface area contributed by atoms with Crippen LogP contribution in [0.4, 0.5) is 0 Å². The summed E-state index contributed by atoms with van der Waals surface area (Å²) in [5.41, 5.74) is 0. The lowest BCUT2D eigenvalue weighted by molar-refractivity contribution is -0.140. The van der Waals surface area contributed by atoms with Crippen LogP contribution in [0.2, 0.25) is 0 Å². The number of carbonyl (C=O) groups excluding carboxylic acids is 2. The van der Waals surface area contributed by atoms with E-state index in [1.165, 1.54) is 6.92 Å². The summed E-state index contributed by atoms with van der Waals surface area (Å²) in [5, 5.41) is 11.9. The van der Waals surface area contributed by atoms with Gasteiger partial charge in [-0.3, -0.25) is 9.59 Å². The highest BCUT2D eigenvalue weighted by Gasteiger charge is 2.30. The molecule has 5 heteroatoms. The number of aliphatic hydroxyl groups is 1. The predicted octanol–water partition coefficient (Wildman–Crippen LogP) is 1.16. The molecule has 0 aliphatic heterocycles. The zero-order valence-electron chi connectivity index (χ0n) is 12.8. The zero-order valence-corrected chi connectivity index (χ0v) is 12.8. The quantitative estimate of drug-likeness (QED) is 0.696. The van der Waals surface area contributed by atoms with Crippen molar-refractivity contribution < 1.29 is 14.7 Å². The molecule has 0 bridgehead atoms. The molecule has 0 saturated carbocycles. The van der Waals surface area contributed by atoms with E-state index in [0.29, 0.717) is 6.54 Å². The van der Waals surface area contributed by atoms with Crippen molar-refractivity contribution in [2.75, 3.05) is 13.2 Å². The Kier molecular flexibility index (Phi) is 8.39. The number of rotatable bonds is 8. The number of aliphatic hydroxyl groups excluding tert-OH is 1. The van der Waals surface area contributed by atoms with Gasteiger partial charge in [-0.25, -0.2) is 0 Å². The Morgan fingerprint density at radius 1 is 1.21 bits per heavy atom. The number of carbonyl (C=O) groups is 2. The average Bonchev–Trinajstić information content (AvgIpc) is 2.35. The molecule has 0 fully saturated rings. The van der Waals surface area contributed by atoms with Crippen LogP contribution in [0.1, 0.15) is 47.5 Å². The van der Waals surface area contributed by atoms with Gasteiger partial charge in [0.25, 0.3) is 0 Å². The van der Waals surface area contributed by atoms with Crippen LogP contribution in [0, 0.1) is 5.92 Å². The first kappa shape index (κ1) is 17.9. The molecule has 0 aromatic heterocycles. The first-order valence-corrected chi connectivity index (χ1v) is 7.07. The molecule has 19 heavy (non-hydrogen) atoms. The van der Waals surface area contributed by atoms with Crippen LogP contribution in [0.15, 0.2) is 0 Å². The SMILES string of the molecule is CCC(CC)N(CCO)C(=O)C(NC(C)=O)C(C)C. The minimum Gasteiger partial charge on any atom is -0.395 e. The average molecular weight is 272 g/mol. The van der Waals surface area contributed by atoms with Gasteiger partial charge in [0.2, 0.25) is 11.8 Å². The molecular formula is C14H28N2O3. The number of amides is 2. The second-order valence-electron chi connectivity index (χ2n) is 5.15. The smallest absolute Gasteiger partial charge is 0.245 e. The van der Waals surface area contributed by atoms with E-state index in [4.69, 9.17) is 5.11 Å². The van der Waals surface area contributed by atoms with Gasteiger partial charge >= 0.3 is 0 Å². The third-order valence-corrected chi connectivity index (χ3v) is 3.30. The Balaban J connectivity index is 5.06. The summed E-state index contributed by atoms with van der Waals surface area (Å²) in [6.07, 6.45) is 1.68. The second kappa shape index (κ2) is 8.91. The van der Waals surface area contributed by atoms with Crippen LogP contribution in [-0.4, -0.2) is 47.1 Å². The van der Waals surface area contributed by atoms with Crippen molar-refractivity contribution in [3.05, 3.63) is 0 Å². The van der Waals surface area contributed by atoms with E-state index < -0.39 is 6.04 Å². The topological polar surface area (TPSA) is 69.6 Å². The summed E-state index contributed by atoms with van der Waals surface area (Å²) in [4.78, 5) is 25.5. The van der Waals surface area contributed by atoms with Gasteiger partial charge in [-0.15, -0.1) is 0 Å². The highest BCUT2D eigenvalue weighted by atomic mass is 16.3. The maximum atomic E-state index is 12.6. The first-order chi connectivity index (χ1) is 8.88. The van der Waals surface area contributed by atoms with Crippen LogP contribution < -0.4 is 5.32 Å². The summed E-state index contributed by atoms with van der Waals surface area (Å²) in [7, 11) is 0. The van der Waals surface area contributed by atoms with E-state index >= 15 is 0 Å². The van der Waals surface area contributed by atoms with Crippen molar-refractivity contribution in [3.63, 3.8) is 0 Å². The highest BCUT2D eigenvalue weighted by Crippen LogP contribution is 2.13. The molecule has 0 spiro atoms. The molecule has 0 aliphatic rings. The summed E-state index contributed by atoms with van der Waals surface area (Å²) >= 11 is 0. The van der Waals surface area contributed by atoms with E-state index in [1.807, 2.05) is 27.7 Å². The summed E-state index contributed by atoms with van der Waals surface area (Å²) in [6, 6.07) is -0.417. The third-order valence-electron chi connectivity index (χ3n) is 3.30. The molecule has 0 aromatic carbocycles. The normalized spacial score (nSPS) is 12.6. The fourth-order valence-corrected chi connectivity index (χ4v) is 2.22. The number of hydrogen-bond acceptors (Lipinski definition) is 3. The van der Waals surface area contributed by atoms with Crippen LogP contribution in [0.3, 0.4) is 0 Å². The van der Waals surface area contributed by atoms with Gasteiger partial charge in [0.05, 0.1) is 6.61 Å². The van der Waals surface area contributed by atoms with E-state index in [0.717, 1.165) is 12.8 Å². The molecule has 0 aromatic rings. The Morgan fingerprint density at radius 3 is 2.05 bits per heavy atom. The minimum atomic E-state index is -0.523. The van der Waals surface area contributed by atoms with Crippen molar-refractivity contribution in [1.29, 1.82) is 0 Å². The monoisotopic (exact) mass is 272 g/mol. The largest absolute Gasteiger partial charge is 0.395 e. The van der Waals surface area contributed by atoms with Crippen molar-refractivity contribution in [2.45, 2.75) is 59.5 Å². The fraction of sp³-hybridized carbons (Fsp3) is 0.857. The summed E-state index contributed by atoms with van der Waals surface area (Å²) in [6.45, 7) is 9.52. The molecule has 0 radical (unpaired) electrons. The molecule has 0 heterocycles. The molecule has 2 amide bonds. The van der Waals surface area contributed by atoms with Crippen molar-refractivity contribution in [3.8, 4) is 0 Å². The standard InChI is InChI=1S/C14H28N2O3/c1-6-12(7-2)16(8-9-17)14(19)13(10(3)4)15-11(5)18/h10,12-13,17H,6-9H2,1-5H3,(H,15,18). The van der Waals surface area contributed by atoms with Crippen molar-refractivity contribution >= 4 is 11.8 Å². The third kappa shape index (κ3) is 5.59. The van der Waals surface area contributed by atoms with Gasteiger partial charge in [-0.2, -0.15) is 0 Å². The molecule has 0 aliphatic carbocycles. The number of hydrogen-bond donors (Lipinski definition) is 2. The molecule has 1 unspecified atom stereocenters. The Morgan fingerprint density at radius 2 is 1.74 bits per heavy atom. The molecular weight excluding hydrogens is 244 g/mol. The molecule has 0 rings (SSSR count). The van der Waals surface area contributed by atoms with Crippen molar-refractivity contribution in [2.24, 2.45) is 5.92 Å². The molecule has 1 atom stereocenters. The van der Waals surface area contributed by atoms with E-state index in [2.05, 4.69) is 5.32 Å². The minimum absolute atomic E-state index is 0.0203. The van der Waals surface area contributed by atoms with Gasteiger partial charge in [0, 0.05) is 19.5 Å². The second-order valence-corrected chi connectivity index (χ2v) is 5.15. The lowest BCUT2D eigenvalue weighted by Gasteiger charge is -2.34. The van der Waals surface area contributed by atoms with Gasteiger partial charge in [-0.1, -0.05) is 27.7 Å². The predicted molar refractivity (Wildman–Crippen MR) is 75.6 cm³/mol. The fourth-order valence-electron chi connectivity index (χ4n) is 2.22. The first-order valence-electron chi connectivity index (χ1n) is 7.07. The molecule has 2 N–H and O–H groups in total. The number of nitrogens with zero attached hydrogens (tertiary/aromatic N) is 1. The number of nitrogens with one attached hydrogen (secondary N) is 1.